The number of hydrogen-bond acceptors (Lipinski definition) is 7. The van der Waals surface area contributed by atoms with Gasteiger partial charge in [-0.2, -0.15) is 4.98 Å². The highest BCUT2D eigenvalue weighted by Gasteiger charge is 2.24. The monoisotopic (exact) mass is 398 g/mol. The van der Waals surface area contributed by atoms with E-state index in [1.807, 2.05) is 54.6 Å². The Balaban J connectivity index is 1.25. The number of benzene rings is 2. The number of nitrogens with zero attached hydrogens (tertiary/aromatic N) is 4. The quantitative estimate of drug-likeness (QED) is 0.504. The Bertz CT molecular complexity index is 1160. The molecule has 2 aromatic heterocycles. The van der Waals surface area contributed by atoms with Crippen molar-refractivity contribution in [3.05, 3.63) is 73.1 Å². The smallest absolute Gasteiger partial charge is 0.229 e. The molecule has 0 atom stereocenters. The van der Waals surface area contributed by atoms with Gasteiger partial charge in [0.15, 0.2) is 0 Å². The van der Waals surface area contributed by atoms with Crippen molar-refractivity contribution >= 4 is 34.0 Å². The standard InChI is InChI=1S/C23H22N6O/c1-29-14-20(15-29)30-19-8-6-17(7-9-19)27-23-24-11-10-22(28-23)26-18-12-16-4-2-3-5-21(16)25-13-18/h2-13,20H,14-15H2,1H3,(H2,24,26,27,28). The molecule has 1 aliphatic rings. The molecule has 4 aromatic rings. The van der Waals surface area contributed by atoms with Gasteiger partial charge in [0.25, 0.3) is 0 Å². The van der Waals surface area contributed by atoms with Gasteiger partial charge in [0.1, 0.15) is 17.7 Å². The van der Waals surface area contributed by atoms with Crippen molar-refractivity contribution in [2.24, 2.45) is 0 Å². The first-order chi connectivity index (χ1) is 14.7. The van der Waals surface area contributed by atoms with Crippen LogP contribution in [0.1, 0.15) is 0 Å². The van der Waals surface area contributed by atoms with Crippen LogP contribution in [-0.4, -0.2) is 46.1 Å². The summed E-state index contributed by atoms with van der Waals surface area (Å²) in [7, 11) is 2.09. The van der Waals surface area contributed by atoms with Crippen molar-refractivity contribution in [3.8, 4) is 5.75 Å². The molecule has 0 amide bonds. The molecule has 150 valence electrons. The van der Waals surface area contributed by atoms with Crippen LogP contribution in [0.5, 0.6) is 5.75 Å². The largest absolute Gasteiger partial charge is 0.488 e. The molecule has 0 bridgehead atoms. The van der Waals surface area contributed by atoms with Gasteiger partial charge in [0.2, 0.25) is 5.95 Å². The second-order valence-corrected chi connectivity index (χ2v) is 7.42. The topological polar surface area (TPSA) is 75.2 Å². The van der Waals surface area contributed by atoms with Crippen LogP contribution in [0.3, 0.4) is 0 Å². The van der Waals surface area contributed by atoms with E-state index in [0.29, 0.717) is 11.8 Å². The van der Waals surface area contributed by atoms with Gasteiger partial charge in [-0.3, -0.25) is 9.88 Å². The average Bonchev–Trinajstić information content (AvgIpc) is 2.74. The molecule has 1 saturated heterocycles. The molecule has 0 spiro atoms. The number of likely N-dealkylation sites (N-methyl/N-ethyl adjacent to an activating group) is 1. The highest BCUT2D eigenvalue weighted by atomic mass is 16.5. The molecule has 0 saturated carbocycles. The zero-order valence-corrected chi connectivity index (χ0v) is 16.6. The van der Waals surface area contributed by atoms with Gasteiger partial charge < -0.3 is 15.4 Å². The van der Waals surface area contributed by atoms with Gasteiger partial charge in [-0.25, -0.2) is 4.98 Å². The van der Waals surface area contributed by atoms with E-state index < -0.39 is 0 Å². The van der Waals surface area contributed by atoms with Crippen LogP contribution in [-0.2, 0) is 0 Å². The third kappa shape index (κ3) is 4.16. The van der Waals surface area contributed by atoms with E-state index in [2.05, 4.69) is 43.6 Å². The number of ether oxygens (including phenoxy) is 1. The Hall–Kier alpha value is -3.71. The van der Waals surface area contributed by atoms with E-state index in [1.165, 1.54) is 0 Å². The first kappa shape index (κ1) is 18.3. The number of aromatic nitrogens is 3. The number of pyridine rings is 1. The molecule has 7 heteroatoms. The van der Waals surface area contributed by atoms with Gasteiger partial charge in [-0.15, -0.1) is 0 Å². The highest BCUT2D eigenvalue weighted by molar-refractivity contribution is 5.82. The Morgan fingerprint density at radius 2 is 1.77 bits per heavy atom. The van der Waals surface area contributed by atoms with Crippen LogP contribution in [0.2, 0.25) is 0 Å². The van der Waals surface area contributed by atoms with Crippen molar-refractivity contribution in [2.45, 2.75) is 6.10 Å². The summed E-state index contributed by atoms with van der Waals surface area (Å²) in [6.07, 6.45) is 3.80. The zero-order valence-electron chi connectivity index (χ0n) is 16.6. The summed E-state index contributed by atoms with van der Waals surface area (Å²) in [5.41, 5.74) is 2.74. The maximum absolute atomic E-state index is 5.93. The predicted molar refractivity (Wildman–Crippen MR) is 119 cm³/mol. The molecule has 1 aliphatic heterocycles. The van der Waals surface area contributed by atoms with Gasteiger partial charge in [-0.1, -0.05) is 18.2 Å². The lowest BCUT2D eigenvalue weighted by molar-refractivity contribution is 0.0388. The van der Waals surface area contributed by atoms with Crippen molar-refractivity contribution in [1.82, 2.24) is 19.9 Å². The van der Waals surface area contributed by atoms with Gasteiger partial charge >= 0.3 is 0 Å². The Morgan fingerprint density at radius 1 is 0.933 bits per heavy atom. The van der Waals surface area contributed by atoms with Gasteiger partial charge in [0, 0.05) is 30.4 Å². The van der Waals surface area contributed by atoms with Gasteiger partial charge in [0.05, 0.1) is 17.4 Å². The summed E-state index contributed by atoms with van der Waals surface area (Å²) in [5.74, 6) is 2.08. The molecule has 0 aliphatic carbocycles. The minimum atomic E-state index is 0.282. The summed E-state index contributed by atoms with van der Waals surface area (Å²) >= 11 is 0. The molecule has 0 radical (unpaired) electrons. The Labute approximate surface area is 174 Å². The number of para-hydroxylation sites is 1. The fourth-order valence-electron chi connectivity index (χ4n) is 3.43. The van der Waals surface area contributed by atoms with Gasteiger partial charge in [-0.05, 0) is 49.5 Å². The maximum Gasteiger partial charge on any atom is 0.229 e. The summed E-state index contributed by atoms with van der Waals surface area (Å²) < 4.78 is 5.93. The van der Waals surface area contributed by atoms with Crippen molar-refractivity contribution < 1.29 is 4.74 Å². The second-order valence-electron chi connectivity index (χ2n) is 7.42. The molecule has 30 heavy (non-hydrogen) atoms. The van der Waals surface area contributed by atoms with Crippen molar-refractivity contribution in [3.63, 3.8) is 0 Å². The van der Waals surface area contributed by atoms with Crippen LogP contribution in [0, 0.1) is 0 Å². The molecule has 2 N–H and O–H groups in total. The van der Waals surface area contributed by atoms with Crippen LogP contribution >= 0.6 is 0 Å². The molecule has 7 nitrogen and oxygen atoms in total. The second kappa shape index (κ2) is 7.96. The molecule has 1 fully saturated rings. The molecule has 5 rings (SSSR count). The lowest BCUT2D eigenvalue weighted by atomic mass is 10.2. The summed E-state index contributed by atoms with van der Waals surface area (Å²) in [5, 5.41) is 7.60. The predicted octanol–water partition coefficient (Wildman–Crippen LogP) is 4.20. The fourth-order valence-corrected chi connectivity index (χ4v) is 3.43. The molecule has 0 unspecified atom stereocenters. The highest BCUT2D eigenvalue weighted by Crippen LogP contribution is 2.23. The normalized spacial score (nSPS) is 14.3. The summed E-state index contributed by atoms with van der Waals surface area (Å²) in [4.78, 5) is 15.6. The van der Waals surface area contributed by atoms with Crippen LogP contribution in [0.15, 0.2) is 73.1 Å². The number of likely N-dealkylation sites (tertiary alicyclic amines) is 1. The molecule has 2 aromatic carbocycles. The lowest BCUT2D eigenvalue weighted by Gasteiger charge is -2.36. The van der Waals surface area contributed by atoms with E-state index in [-0.39, 0.29) is 6.10 Å². The zero-order chi connectivity index (χ0) is 20.3. The van der Waals surface area contributed by atoms with Crippen LogP contribution < -0.4 is 15.4 Å². The minimum absolute atomic E-state index is 0.282. The van der Waals surface area contributed by atoms with E-state index in [1.54, 1.807) is 12.4 Å². The number of fused-ring (bicyclic) bond motifs is 1. The molecule has 3 heterocycles. The number of rotatable bonds is 6. The van der Waals surface area contributed by atoms with E-state index in [9.17, 15) is 0 Å². The first-order valence-corrected chi connectivity index (χ1v) is 9.88. The fraction of sp³-hybridized carbons (Fsp3) is 0.174. The maximum atomic E-state index is 5.93. The number of hydrogen-bond donors (Lipinski definition) is 2. The number of nitrogens with one attached hydrogen (secondary N) is 2. The minimum Gasteiger partial charge on any atom is -0.488 e. The average molecular weight is 398 g/mol. The first-order valence-electron chi connectivity index (χ1n) is 9.88. The third-order valence-corrected chi connectivity index (χ3v) is 4.96. The lowest BCUT2D eigenvalue weighted by Crippen LogP contribution is -2.51. The van der Waals surface area contributed by atoms with Crippen LogP contribution in [0.25, 0.3) is 10.9 Å². The Morgan fingerprint density at radius 3 is 2.60 bits per heavy atom. The molecular weight excluding hydrogens is 376 g/mol. The SMILES string of the molecule is CN1CC(Oc2ccc(Nc3nccc(Nc4cnc5ccccc5c4)n3)cc2)C1. The summed E-state index contributed by atoms with van der Waals surface area (Å²) in [6.45, 7) is 1.95. The Kier molecular flexibility index (Phi) is 4.86. The van der Waals surface area contributed by atoms with Crippen molar-refractivity contribution in [1.29, 1.82) is 0 Å². The third-order valence-electron chi connectivity index (χ3n) is 4.96. The van der Waals surface area contributed by atoms with E-state index in [4.69, 9.17) is 4.74 Å². The summed E-state index contributed by atoms with van der Waals surface area (Å²) in [6, 6.07) is 19.7. The van der Waals surface area contributed by atoms with Crippen molar-refractivity contribution in [2.75, 3.05) is 30.8 Å². The number of anilines is 4. The van der Waals surface area contributed by atoms with E-state index in [0.717, 1.165) is 41.1 Å². The van der Waals surface area contributed by atoms with Crippen LogP contribution in [0.4, 0.5) is 23.1 Å². The van der Waals surface area contributed by atoms with E-state index >= 15 is 0 Å². The molecular formula is C23H22N6O.